The van der Waals surface area contributed by atoms with Gasteiger partial charge in [-0.25, -0.2) is 0 Å². The lowest BCUT2D eigenvalue weighted by Crippen LogP contribution is -2.45. The minimum Gasteiger partial charge on any atom is -0.490 e. The molecule has 2 heterocycles. The van der Waals surface area contributed by atoms with Crippen LogP contribution in [0.4, 0.5) is 11.4 Å². The van der Waals surface area contributed by atoms with Crippen LogP contribution in [0, 0.1) is 0 Å². The summed E-state index contributed by atoms with van der Waals surface area (Å²) in [6.07, 6.45) is 4.81. The monoisotopic (exact) mass is 519 g/mol. The van der Waals surface area contributed by atoms with Crippen molar-refractivity contribution in [3.8, 4) is 11.5 Å². The first-order valence-electron chi connectivity index (χ1n) is 13.8. The van der Waals surface area contributed by atoms with Gasteiger partial charge in [-0.05, 0) is 69.5 Å². The zero-order chi connectivity index (χ0) is 27.1. The van der Waals surface area contributed by atoms with E-state index in [1.165, 1.54) is 36.7 Å². The molecule has 4 N–H and O–H groups in total. The second-order valence-electron chi connectivity index (χ2n) is 9.63. The van der Waals surface area contributed by atoms with Crippen LogP contribution in [0.5, 0.6) is 11.5 Å². The Balaban J connectivity index is 1.70. The normalized spacial score (nSPS) is 15.9. The van der Waals surface area contributed by atoms with Gasteiger partial charge in [-0.2, -0.15) is 0 Å². The Morgan fingerprint density at radius 3 is 2.58 bits per heavy atom. The predicted octanol–water partition coefficient (Wildman–Crippen LogP) is 5.01. The first-order chi connectivity index (χ1) is 18.5. The zero-order valence-electron chi connectivity index (χ0n) is 23.1. The third-order valence-corrected chi connectivity index (χ3v) is 7.22. The van der Waals surface area contributed by atoms with Crippen molar-refractivity contribution in [2.24, 2.45) is 5.73 Å². The Morgan fingerprint density at radius 2 is 1.89 bits per heavy atom. The number of aromatic nitrogens is 1. The molecule has 1 amide bonds. The largest absolute Gasteiger partial charge is 0.490 e. The van der Waals surface area contributed by atoms with Crippen LogP contribution in [0.3, 0.4) is 0 Å². The van der Waals surface area contributed by atoms with Crippen LogP contribution < -0.4 is 25.8 Å². The van der Waals surface area contributed by atoms with Crippen molar-refractivity contribution in [3.63, 3.8) is 0 Å². The number of likely N-dealkylation sites (N-methyl/N-ethyl adjacent to an activating group) is 1. The molecule has 1 fully saturated rings. The van der Waals surface area contributed by atoms with Gasteiger partial charge < -0.3 is 30.7 Å². The number of rotatable bonds is 12. The number of benzene rings is 2. The lowest BCUT2D eigenvalue weighted by atomic mass is 10.00. The van der Waals surface area contributed by atoms with Gasteiger partial charge in [-0.15, -0.1) is 0 Å². The van der Waals surface area contributed by atoms with E-state index in [4.69, 9.17) is 15.2 Å². The van der Waals surface area contributed by atoms with Crippen molar-refractivity contribution in [2.45, 2.75) is 59.5 Å². The quantitative estimate of drug-likeness (QED) is 0.309. The molecule has 1 unspecified atom stereocenters. The summed E-state index contributed by atoms with van der Waals surface area (Å²) in [6.45, 7) is 13.4. The minimum absolute atomic E-state index is 0.330. The van der Waals surface area contributed by atoms with E-state index < -0.39 is 5.91 Å². The number of carbonyl (C=O) groups is 1. The predicted molar refractivity (Wildman–Crippen MR) is 154 cm³/mol. The molecule has 0 radical (unpaired) electrons. The van der Waals surface area contributed by atoms with Crippen LogP contribution in [-0.2, 0) is 13.0 Å². The highest BCUT2D eigenvalue weighted by Gasteiger charge is 2.20. The van der Waals surface area contributed by atoms with Gasteiger partial charge in [0.1, 0.15) is 0 Å². The van der Waals surface area contributed by atoms with Crippen molar-refractivity contribution in [1.29, 1.82) is 0 Å². The molecule has 2 aromatic carbocycles. The maximum atomic E-state index is 12.5. The molecule has 1 aliphatic rings. The molecule has 1 aromatic heterocycles. The second kappa shape index (κ2) is 12.9. The van der Waals surface area contributed by atoms with Crippen molar-refractivity contribution < 1.29 is 14.3 Å². The molecule has 1 atom stereocenters. The number of anilines is 2. The third-order valence-electron chi connectivity index (χ3n) is 7.22. The Labute approximate surface area is 225 Å². The molecule has 1 aliphatic heterocycles. The van der Waals surface area contributed by atoms with Crippen molar-refractivity contribution in [2.75, 3.05) is 38.2 Å². The van der Waals surface area contributed by atoms with Crippen molar-refractivity contribution in [3.05, 3.63) is 53.2 Å². The second-order valence-corrected chi connectivity index (χ2v) is 9.63. The number of nitrogens with zero attached hydrogens (tertiary/aromatic N) is 2. The highest BCUT2D eigenvalue weighted by Crippen LogP contribution is 2.38. The SMILES string of the molecule is CCOc1cc2ncc(C(N)=O)c(Nc3cccc(CNC4CCCN(CC)C4)c3CC)c2cc1OCC. The van der Waals surface area contributed by atoms with E-state index in [1.54, 1.807) is 0 Å². The fourth-order valence-corrected chi connectivity index (χ4v) is 5.29. The van der Waals surface area contributed by atoms with Gasteiger partial charge in [0.25, 0.3) is 5.91 Å². The Kier molecular flexibility index (Phi) is 9.42. The number of pyridine rings is 1. The van der Waals surface area contributed by atoms with Crippen LogP contribution in [0.2, 0.25) is 0 Å². The third kappa shape index (κ3) is 6.19. The Hall–Kier alpha value is -3.36. The van der Waals surface area contributed by atoms with Crippen molar-refractivity contribution in [1.82, 2.24) is 15.2 Å². The highest BCUT2D eigenvalue weighted by atomic mass is 16.5. The Bertz CT molecular complexity index is 1260. The maximum absolute atomic E-state index is 12.5. The van der Waals surface area contributed by atoms with E-state index in [0.717, 1.165) is 37.1 Å². The number of likely N-dealkylation sites (tertiary alicyclic amines) is 1. The number of ether oxygens (including phenoxy) is 2. The van der Waals surface area contributed by atoms with Gasteiger partial charge >= 0.3 is 0 Å². The number of nitrogens with two attached hydrogens (primary N) is 1. The summed E-state index contributed by atoms with van der Waals surface area (Å²) in [4.78, 5) is 19.5. The summed E-state index contributed by atoms with van der Waals surface area (Å²) in [5.74, 6) is 0.691. The van der Waals surface area contributed by atoms with Gasteiger partial charge in [0, 0.05) is 42.5 Å². The molecule has 1 saturated heterocycles. The molecule has 0 bridgehead atoms. The number of fused-ring (bicyclic) bond motifs is 1. The van der Waals surface area contributed by atoms with Crippen LogP contribution in [0.15, 0.2) is 36.5 Å². The van der Waals surface area contributed by atoms with E-state index in [-0.39, 0.29) is 0 Å². The summed E-state index contributed by atoms with van der Waals surface area (Å²) in [6, 6.07) is 10.5. The van der Waals surface area contributed by atoms with Gasteiger partial charge in [-0.1, -0.05) is 26.0 Å². The number of amides is 1. The van der Waals surface area contributed by atoms with E-state index in [2.05, 4.69) is 52.6 Å². The van der Waals surface area contributed by atoms with Gasteiger partial charge in [0.05, 0.1) is 30.0 Å². The number of hydrogen-bond donors (Lipinski definition) is 3. The zero-order valence-corrected chi connectivity index (χ0v) is 23.1. The molecule has 0 saturated carbocycles. The molecule has 3 aromatic rings. The van der Waals surface area contributed by atoms with Crippen molar-refractivity contribution >= 4 is 28.2 Å². The minimum atomic E-state index is -0.539. The van der Waals surface area contributed by atoms with E-state index in [1.807, 2.05) is 26.0 Å². The summed E-state index contributed by atoms with van der Waals surface area (Å²) in [7, 11) is 0. The molecular formula is C30H41N5O3. The van der Waals surface area contributed by atoms with Crippen LogP contribution in [-0.4, -0.2) is 54.7 Å². The molecule has 0 spiro atoms. The number of nitrogens with one attached hydrogen (secondary N) is 2. The van der Waals surface area contributed by atoms with E-state index in [9.17, 15) is 4.79 Å². The highest BCUT2D eigenvalue weighted by molar-refractivity contribution is 6.08. The van der Waals surface area contributed by atoms with Crippen LogP contribution >= 0.6 is 0 Å². The molecule has 38 heavy (non-hydrogen) atoms. The molecule has 0 aliphatic carbocycles. The molecule has 8 nitrogen and oxygen atoms in total. The number of primary amides is 1. The fourth-order valence-electron chi connectivity index (χ4n) is 5.29. The first-order valence-corrected chi connectivity index (χ1v) is 13.8. The average Bonchev–Trinajstić information content (AvgIpc) is 2.92. The lowest BCUT2D eigenvalue weighted by molar-refractivity contribution is 0.100. The Morgan fingerprint density at radius 1 is 1.13 bits per heavy atom. The number of hydrogen-bond acceptors (Lipinski definition) is 7. The van der Waals surface area contributed by atoms with Gasteiger partial charge in [-0.3, -0.25) is 9.78 Å². The summed E-state index contributed by atoms with van der Waals surface area (Å²) >= 11 is 0. The lowest BCUT2D eigenvalue weighted by Gasteiger charge is -2.32. The fraction of sp³-hybridized carbons (Fsp3) is 0.467. The average molecular weight is 520 g/mol. The standard InChI is InChI=1S/C30H41N5O3/c1-5-22-20(17-32-21-12-10-14-35(6-2)19-21)11-9-13-25(22)34-29-23-15-27(37-7-3)28(38-8-4)16-26(23)33-18-24(29)30(31)36/h9,11,13,15-16,18,21,32H,5-8,10,12,14,17,19H2,1-4H3,(H2,31,36)(H,33,34). The summed E-state index contributed by atoms with van der Waals surface area (Å²) in [5, 5.41) is 8.09. The molecule has 204 valence electrons. The maximum Gasteiger partial charge on any atom is 0.252 e. The number of carbonyl (C=O) groups excluding carboxylic acids is 1. The van der Waals surface area contributed by atoms with Crippen LogP contribution in [0.1, 0.15) is 62.0 Å². The van der Waals surface area contributed by atoms with E-state index >= 15 is 0 Å². The summed E-state index contributed by atoms with van der Waals surface area (Å²) < 4.78 is 11.7. The first kappa shape index (κ1) is 27.7. The smallest absolute Gasteiger partial charge is 0.252 e. The molecule has 8 heteroatoms. The summed E-state index contributed by atoms with van der Waals surface area (Å²) in [5.41, 5.74) is 10.9. The molecule has 4 rings (SSSR count). The van der Waals surface area contributed by atoms with Crippen LogP contribution in [0.25, 0.3) is 10.9 Å². The topological polar surface area (TPSA) is 102 Å². The number of piperidine rings is 1. The van der Waals surface area contributed by atoms with Gasteiger partial charge in [0.15, 0.2) is 11.5 Å². The molecular weight excluding hydrogens is 478 g/mol. The van der Waals surface area contributed by atoms with Gasteiger partial charge in [0.2, 0.25) is 0 Å². The van der Waals surface area contributed by atoms with E-state index in [0.29, 0.717) is 47.5 Å².